The predicted octanol–water partition coefficient (Wildman–Crippen LogP) is 2.66. The summed E-state index contributed by atoms with van der Waals surface area (Å²) in [5.41, 5.74) is 2.25. The smallest absolute Gasteiger partial charge is 0.254 e. The minimum absolute atomic E-state index is 0.0799. The van der Waals surface area contributed by atoms with Gasteiger partial charge in [0.15, 0.2) is 0 Å². The number of halogens is 1. The molecule has 0 saturated heterocycles. The van der Waals surface area contributed by atoms with Gasteiger partial charge in [-0.15, -0.1) is 0 Å². The summed E-state index contributed by atoms with van der Waals surface area (Å²) < 4.78 is 6.92. The lowest BCUT2D eigenvalue weighted by Gasteiger charge is -2.19. The first kappa shape index (κ1) is 15.4. The van der Waals surface area contributed by atoms with Crippen LogP contribution >= 0.6 is 11.6 Å². The molecule has 0 aliphatic heterocycles. The zero-order chi connectivity index (χ0) is 15.6. The fourth-order valence-electron chi connectivity index (χ4n) is 2.18. The van der Waals surface area contributed by atoms with Gasteiger partial charge in [0, 0.05) is 25.2 Å². The van der Waals surface area contributed by atoms with Crippen molar-refractivity contribution in [2.45, 2.75) is 13.5 Å². The van der Waals surface area contributed by atoms with Gasteiger partial charge in [0.25, 0.3) is 5.91 Å². The highest BCUT2D eigenvalue weighted by Gasteiger charge is 2.18. The Morgan fingerprint density at radius 2 is 2.19 bits per heavy atom. The van der Waals surface area contributed by atoms with E-state index in [-0.39, 0.29) is 5.91 Å². The maximum absolute atomic E-state index is 12.6. The van der Waals surface area contributed by atoms with Gasteiger partial charge < -0.3 is 9.64 Å². The van der Waals surface area contributed by atoms with E-state index in [2.05, 4.69) is 5.10 Å². The van der Waals surface area contributed by atoms with Crippen molar-refractivity contribution in [3.05, 3.63) is 46.2 Å². The second kappa shape index (κ2) is 6.18. The van der Waals surface area contributed by atoms with Crippen molar-refractivity contribution in [2.75, 3.05) is 14.2 Å². The molecule has 0 aliphatic carbocycles. The predicted molar refractivity (Wildman–Crippen MR) is 81.7 cm³/mol. The van der Waals surface area contributed by atoms with Crippen molar-refractivity contribution in [3.63, 3.8) is 0 Å². The number of carbonyl (C=O) groups excluding carboxylic acids is 1. The van der Waals surface area contributed by atoms with Crippen LogP contribution in [0.1, 0.15) is 21.6 Å². The second-order valence-electron chi connectivity index (χ2n) is 4.86. The first-order valence-corrected chi connectivity index (χ1v) is 6.89. The van der Waals surface area contributed by atoms with E-state index in [9.17, 15) is 4.79 Å². The maximum atomic E-state index is 12.6. The SMILES string of the molecule is COc1cccc(C(=O)N(C)Cc2c(Cl)cnn2C)c1C. The Kier molecular flexibility index (Phi) is 4.53. The maximum Gasteiger partial charge on any atom is 0.254 e. The lowest BCUT2D eigenvalue weighted by atomic mass is 10.1. The Labute approximate surface area is 129 Å². The van der Waals surface area contributed by atoms with Crippen molar-refractivity contribution in [1.82, 2.24) is 14.7 Å². The van der Waals surface area contributed by atoms with Crippen molar-refractivity contribution in [2.24, 2.45) is 7.05 Å². The number of amides is 1. The molecule has 0 fully saturated rings. The summed E-state index contributed by atoms with van der Waals surface area (Å²) in [4.78, 5) is 14.2. The van der Waals surface area contributed by atoms with Crippen LogP contribution in [0.25, 0.3) is 0 Å². The number of carbonyl (C=O) groups is 1. The fraction of sp³-hybridized carbons (Fsp3) is 0.333. The molecule has 112 valence electrons. The summed E-state index contributed by atoms with van der Waals surface area (Å²) in [5, 5.41) is 4.63. The van der Waals surface area contributed by atoms with Crippen LogP contribution in [0.2, 0.25) is 5.02 Å². The number of benzene rings is 1. The number of rotatable bonds is 4. The summed E-state index contributed by atoms with van der Waals surface area (Å²) >= 11 is 6.08. The Hall–Kier alpha value is -2.01. The molecular weight excluding hydrogens is 290 g/mol. The van der Waals surface area contributed by atoms with E-state index in [0.717, 1.165) is 11.3 Å². The van der Waals surface area contributed by atoms with Gasteiger partial charge in [0.1, 0.15) is 5.75 Å². The van der Waals surface area contributed by atoms with Gasteiger partial charge in [-0.05, 0) is 19.1 Å². The summed E-state index contributed by atoms with van der Waals surface area (Å²) in [7, 11) is 5.14. The quantitative estimate of drug-likeness (QED) is 0.872. The molecule has 0 N–H and O–H groups in total. The van der Waals surface area contributed by atoms with E-state index < -0.39 is 0 Å². The molecule has 0 bridgehead atoms. The minimum atomic E-state index is -0.0799. The number of nitrogens with zero attached hydrogens (tertiary/aromatic N) is 3. The Balaban J connectivity index is 2.24. The largest absolute Gasteiger partial charge is 0.496 e. The Bertz CT molecular complexity index is 647. The van der Waals surface area contributed by atoms with Crippen LogP contribution in [0.15, 0.2) is 24.4 Å². The topological polar surface area (TPSA) is 47.4 Å². The zero-order valence-electron chi connectivity index (χ0n) is 12.6. The standard InChI is InChI=1S/C15H18ClN3O2/c1-10-11(6-5-7-14(10)21-4)15(20)18(2)9-13-12(16)8-17-19(13)3/h5-8H,9H2,1-4H3. The average molecular weight is 308 g/mol. The lowest BCUT2D eigenvalue weighted by molar-refractivity contribution is 0.0781. The molecule has 1 heterocycles. The van der Waals surface area contributed by atoms with Gasteiger partial charge in [-0.2, -0.15) is 5.10 Å². The minimum Gasteiger partial charge on any atom is -0.496 e. The van der Waals surface area contributed by atoms with Crippen LogP contribution in [-0.2, 0) is 13.6 Å². The van der Waals surface area contributed by atoms with Crippen LogP contribution in [0, 0.1) is 6.92 Å². The molecule has 0 spiro atoms. The molecular formula is C15H18ClN3O2. The van der Waals surface area contributed by atoms with E-state index in [4.69, 9.17) is 16.3 Å². The average Bonchev–Trinajstić information content (AvgIpc) is 2.78. The number of ether oxygens (including phenoxy) is 1. The van der Waals surface area contributed by atoms with Crippen molar-refractivity contribution in [1.29, 1.82) is 0 Å². The highest BCUT2D eigenvalue weighted by Crippen LogP contribution is 2.23. The molecule has 0 unspecified atom stereocenters. The molecule has 21 heavy (non-hydrogen) atoms. The Morgan fingerprint density at radius 1 is 1.48 bits per heavy atom. The lowest BCUT2D eigenvalue weighted by Crippen LogP contribution is -2.28. The van der Waals surface area contributed by atoms with Crippen LogP contribution in [0.5, 0.6) is 5.75 Å². The van der Waals surface area contributed by atoms with Crippen LogP contribution in [-0.4, -0.2) is 34.7 Å². The number of aryl methyl sites for hydroxylation is 1. The number of hydrogen-bond donors (Lipinski definition) is 0. The first-order valence-electron chi connectivity index (χ1n) is 6.51. The van der Waals surface area contributed by atoms with Crippen molar-refractivity contribution >= 4 is 17.5 Å². The van der Waals surface area contributed by atoms with Gasteiger partial charge in [-0.25, -0.2) is 0 Å². The molecule has 2 rings (SSSR count). The van der Waals surface area contributed by atoms with E-state index >= 15 is 0 Å². The highest BCUT2D eigenvalue weighted by molar-refractivity contribution is 6.31. The molecule has 1 aromatic heterocycles. The van der Waals surface area contributed by atoms with E-state index in [1.54, 1.807) is 43.1 Å². The highest BCUT2D eigenvalue weighted by atomic mass is 35.5. The summed E-state index contributed by atoms with van der Waals surface area (Å²) in [6, 6.07) is 5.44. The van der Waals surface area contributed by atoms with E-state index in [1.165, 1.54) is 0 Å². The molecule has 6 heteroatoms. The molecule has 0 saturated carbocycles. The number of hydrogen-bond acceptors (Lipinski definition) is 3. The van der Waals surface area contributed by atoms with Gasteiger partial charge in [-0.3, -0.25) is 9.48 Å². The normalized spacial score (nSPS) is 10.5. The third-order valence-electron chi connectivity index (χ3n) is 3.48. The van der Waals surface area contributed by atoms with Crippen LogP contribution < -0.4 is 4.74 Å². The molecule has 1 aromatic carbocycles. The van der Waals surface area contributed by atoms with Crippen LogP contribution in [0.3, 0.4) is 0 Å². The molecule has 1 amide bonds. The molecule has 0 radical (unpaired) electrons. The fourth-order valence-corrected chi connectivity index (χ4v) is 2.41. The van der Waals surface area contributed by atoms with Gasteiger partial charge in [-0.1, -0.05) is 17.7 Å². The molecule has 2 aromatic rings. The van der Waals surface area contributed by atoms with Gasteiger partial charge in [0.2, 0.25) is 0 Å². The summed E-state index contributed by atoms with van der Waals surface area (Å²) in [5.74, 6) is 0.622. The van der Waals surface area contributed by atoms with E-state index in [1.807, 2.05) is 19.1 Å². The number of methoxy groups -OCH3 is 1. The van der Waals surface area contributed by atoms with Crippen molar-refractivity contribution < 1.29 is 9.53 Å². The monoisotopic (exact) mass is 307 g/mol. The number of aromatic nitrogens is 2. The third kappa shape index (κ3) is 3.03. The Morgan fingerprint density at radius 3 is 2.76 bits per heavy atom. The summed E-state index contributed by atoms with van der Waals surface area (Å²) in [6.45, 7) is 2.27. The molecule has 0 aliphatic rings. The zero-order valence-corrected chi connectivity index (χ0v) is 13.3. The van der Waals surface area contributed by atoms with Crippen LogP contribution in [0.4, 0.5) is 0 Å². The van der Waals surface area contributed by atoms with Gasteiger partial charge in [0.05, 0.1) is 30.6 Å². The van der Waals surface area contributed by atoms with Crippen molar-refractivity contribution in [3.8, 4) is 5.75 Å². The molecule has 0 atom stereocenters. The second-order valence-corrected chi connectivity index (χ2v) is 5.26. The first-order chi connectivity index (χ1) is 9.95. The van der Waals surface area contributed by atoms with E-state index in [0.29, 0.717) is 22.9 Å². The third-order valence-corrected chi connectivity index (χ3v) is 3.79. The molecule has 5 nitrogen and oxygen atoms in total. The van der Waals surface area contributed by atoms with Gasteiger partial charge >= 0.3 is 0 Å². The summed E-state index contributed by atoms with van der Waals surface area (Å²) in [6.07, 6.45) is 1.58.